The van der Waals surface area contributed by atoms with Gasteiger partial charge in [0.05, 0.1) is 13.2 Å². The van der Waals surface area contributed by atoms with Gasteiger partial charge in [0.15, 0.2) is 0 Å². The first-order valence-electron chi connectivity index (χ1n) is 7.80. The van der Waals surface area contributed by atoms with Crippen LogP contribution >= 0.6 is 11.8 Å². The highest BCUT2D eigenvalue weighted by Crippen LogP contribution is 2.29. The third-order valence-electron chi connectivity index (χ3n) is 3.85. The number of nitrogens with one attached hydrogen (secondary N) is 1. The van der Waals surface area contributed by atoms with Crippen LogP contribution in [0.1, 0.15) is 6.42 Å². The summed E-state index contributed by atoms with van der Waals surface area (Å²) in [4.78, 5) is 15.9. The largest absolute Gasteiger partial charge is 0.497 e. The summed E-state index contributed by atoms with van der Waals surface area (Å²) in [5.74, 6) is 0.837. The van der Waals surface area contributed by atoms with Crippen LogP contribution in [0.3, 0.4) is 0 Å². The molecule has 0 radical (unpaired) electrons. The number of methoxy groups -OCH3 is 1. The predicted octanol–water partition coefficient (Wildman–Crippen LogP) is 3.44. The first kappa shape index (κ1) is 16.7. The van der Waals surface area contributed by atoms with Crippen LogP contribution < -0.4 is 10.1 Å². The van der Waals surface area contributed by atoms with Gasteiger partial charge in [-0.25, -0.2) is 4.79 Å². The predicted molar refractivity (Wildman–Crippen MR) is 94.8 cm³/mol. The average Bonchev–Trinajstić information content (AvgIpc) is 3.04. The number of hydrogen-bond donors (Lipinski definition) is 2. The van der Waals surface area contributed by atoms with E-state index in [0.717, 1.165) is 21.2 Å². The average molecular weight is 344 g/mol. The van der Waals surface area contributed by atoms with Crippen LogP contribution in [0, 0.1) is 0 Å². The van der Waals surface area contributed by atoms with E-state index in [-0.39, 0.29) is 6.03 Å². The number of anilines is 1. The van der Waals surface area contributed by atoms with E-state index in [1.165, 1.54) is 0 Å². The van der Waals surface area contributed by atoms with Gasteiger partial charge in [-0.05, 0) is 55.0 Å². The summed E-state index contributed by atoms with van der Waals surface area (Å²) in [6, 6.07) is 15.4. The lowest BCUT2D eigenvalue weighted by atomic mass is 10.3. The monoisotopic (exact) mass is 344 g/mol. The summed E-state index contributed by atoms with van der Waals surface area (Å²) in [7, 11) is 1.65. The summed E-state index contributed by atoms with van der Waals surface area (Å²) >= 11 is 1.65. The minimum Gasteiger partial charge on any atom is -0.497 e. The third kappa shape index (κ3) is 4.21. The summed E-state index contributed by atoms with van der Waals surface area (Å²) in [5.41, 5.74) is 0.750. The SMILES string of the molecule is COc1ccc(Sc2ccc(NC(=O)N3CC[C@@H](O)C3)cc2)cc1. The number of benzene rings is 2. The van der Waals surface area contributed by atoms with Gasteiger partial charge in [0.25, 0.3) is 0 Å². The molecule has 1 fully saturated rings. The number of β-amino-alcohol motifs (C(OH)–C–C–N with tert-alkyl or cyclic N) is 1. The molecule has 2 N–H and O–H groups in total. The second kappa shape index (κ2) is 7.59. The van der Waals surface area contributed by atoms with E-state index < -0.39 is 6.10 Å². The molecule has 0 bridgehead atoms. The third-order valence-corrected chi connectivity index (χ3v) is 4.87. The van der Waals surface area contributed by atoms with Crippen molar-refractivity contribution in [3.8, 4) is 5.75 Å². The first-order chi connectivity index (χ1) is 11.6. The molecule has 0 aliphatic carbocycles. The normalized spacial score (nSPS) is 16.9. The molecule has 0 aromatic heterocycles. The second-order valence-electron chi connectivity index (χ2n) is 5.62. The molecule has 1 aliphatic rings. The van der Waals surface area contributed by atoms with Crippen LogP contribution in [-0.2, 0) is 0 Å². The zero-order valence-corrected chi connectivity index (χ0v) is 14.3. The highest BCUT2D eigenvalue weighted by atomic mass is 32.2. The number of aliphatic hydroxyl groups is 1. The van der Waals surface area contributed by atoms with Gasteiger partial charge in [0.2, 0.25) is 0 Å². The molecule has 6 heteroatoms. The fourth-order valence-electron chi connectivity index (χ4n) is 2.51. The molecule has 0 spiro atoms. The second-order valence-corrected chi connectivity index (χ2v) is 6.77. The molecule has 126 valence electrons. The summed E-state index contributed by atoms with van der Waals surface area (Å²) in [6.45, 7) is 0.996. The number of rotatable bonds is 4. The molecule has 24 heavy (non-hydrogen) atoms. The van der Waals surface area contributed by atoms with Gasteiger partial charge in [0.1, 0.15) is 5.75 Å². The van der Waals surface area contributed by atoms with Crippen LogP contribution in [0.25, 0.3) is 0 Å². The van der Waals surface area contributed by atoms with Crippen molar-refractivity contribution < 1.29 is 14.6 Å². The molecule has 0 unspecified atom stereocenters. The lowest BCUT2D eigenvalue weighted by Crippen LogP contribution is -2.33. The highest BCUT2D eigenvalue weighted by Gasteiger charge is 2.24. The molecule has 1 aliphatic heterocycles. The van der Waals surface area contributed by atoms with Gasteiger partial charge < -0.3 is 20.1 Å². The molecule has 2 aromatic carbocycles. The quantitative estimate of drug-likeness (QED) is 0.892. The number of hydrogen-bond acceptors (Lipinski definition) is 4. The first-order valence-corrected chi connectivity index (χ1v) is 8.61. The molecule has 2 amide bonds. The zero-order chi connectivity index (χ0) is 16.9. The van der Waals surface area contributed by atoms with Crippen molar-refractivity contribution in [2.45, 2.75) is 22.3 Å². The number of aliphatic hydroxyl groups excluding tert-OH is 1. The Morgan fingerprint density at radius 1 is 1.17 bits per heavy atom. The minimum absolute atomic E-state index is 0.165. The van der Waals surface area contributed by atoms with Crippen molar-refractivity contribution in [3.05, 3.63) is 48.5 Å². The number of carbonyl (C=O) groups is 1. The molecular weight excluding hydrogens is 324 g/mol. The van der Waals surface area contributed by atoms with Crippen molar-refractivity contribution in [1.29, 1.82) is 0 Å². The Bertz CT molecular complexity index is 688. The van der Waals surface area contributed by atoms with Gasteiger partial charge in [-0.15, -0.1) is 0 Å². The van der Waals surface area contributed by atoms with Crippen LogP contribution in [0.2, 0.25) is 0 Å². The van der Waals surface area contributed by atoms with Gasteiger partial charge in [-0.1, -0.05) is 11.8 Å². The van der Waals surface area contributed by atoms with Gasteiger partial charge in [0, 0.05) is 28.6 Å². The number of ether oxygens (including phenoxy) is 1. The molecule has 5 nitrogen and oxygen atoms in total. The smallest absolute Gasteiger partial charge is 0.321 e. The minimum atomic E-state index is -0.404. The fraction of sp³-hybridized carbons (Fsp3) is 0.278. The maximum Gasteiger partial charge on any atom is 0.321 e. The van der Waals surface area contributed by atoms with Crippen molar-refractivity contribution in [3.63, 3.8) is 0 Å². The Balaban J connectivity index is 1.57. The van der Waals surface area contributed by atoms with Crippen molar-refractivity contribution >= 4 is 23.5 Å². The lowest BCUT2D eigenvalue weighted by Gasteiger charge is -2.16. The Morgan fingerprint density at radius 2 is 1.79 bits per heavy atom. The summed E-state index contributed by atoms with van der Waals surface area (Å²) in [6.07, 6.45) is 0.240. The Morgan fingerprint density at radius 3 is 2.33 bits per heavy atom. The number of likely N-dealkylation sites (tertiary alicyclic amines) is 1. The Hall–Kier alpha value is -2.18. The summed E-state index contributed by atoms with van der Waals surface area (Å²) < 4.78 is 5.15. The van der Waals surface area contributed by atoms with Crippen LogP contribution in [0.4, 0.5) is 10.5 Å². The van der Waals surface area contributed by atoms with Gasteiger partial charge in [-0.2, -0.15) is 0 Å². The molecule has 1 saturated heterocycles. The molecule has 2 aromatic rings. The topological polar surface area (TPSA) is 61.8 Å². The summed E-state index contributed by atoms with van der Waals surface area (Å²) in [5, 5.41) is 12.4. The van der Waals surface area contributed by atoms with E-state index in [1.54, 1.807) is 23.8 Å². The van der Waals surface area contributed by atoms with Crippen molar-refractivity contribution in [2.24, 2.45) is 0 Å². The number of urea groups is 1. The van der Waals surface area contributed by atoms with E-state index >= 15 is 0 Å². The molecule has 0 saturated carbocycles. The maximum absolute atomic E-state index is 12.1. The van der Waals surface area contributed by atoms with Crippen molar-refractivity contribution in [2.75, 3.05) is 25.5 Å². The molecule has 1 atom stereocenters. The van der Waals surface area contributed by atoms with E-state index in [9.17, 15) is 9.90 Å². The van der Waals surface area contributed by atoms with Crippen molar-refractivity contribution in [1.82, 2.24) is 4.90 Å². The van der Waals surface area contributed by atoms with Crippen LogP contribution in [-0.4, -0.2) is 42.3 Å². The molecular formula is C18H20N2O3S. The number of nitrogens with zero attached hydrogens (tertiary/aromatic N) is 1. The molecule has 1 heterocycles. The van der Waals surface area contributed by atoms with E-state index in [1.807, 2.05) is 48.5 Å². The number of amides is 2. The lowest BCUT2D eigenvalue weighted by molar-refractivity contribution is 0.176. The highest BCUT2D eigenvalue weighted by molar-refractivity contribution is 7.99. The van der Waals surface area contributed by atoms with E-state index in [0.29, 0.717) is 19.5 Å². The van der Waals surface area contributed by atoms with Crippen LogP contribution in [0.15, 0.2) is 58.3 Å². The molecule has 3 rings (SSSR count). The van der Waals surface area contributed by atoms with E-state index in [2.05, 4.69) is 5.32 Å². The Kier molecular flexibility index (Phi) is 5.27. The van der Waals surface area contributed by atoms with Crippen LogP contribution in [0.5, 0.6) is 5.75 Å². The van der Waals surface area contributed by atoms with E-state index in [4.69, 9.17) is 4.74 Å². The number of carbonyl (C=O) groups excluding carboxylic acids is 1. The fourth-order valence-corrected chi connectivity index (χ4v) is 3.33. The van der Waals surface area contributed by atoms with Gasteiger partial charge >= 0.3 is 6.03 Å². The van der Waals surface area contributed by atoms with Gasteiger partial charge in [-0.3, -0.25) is 0 Å². The zero-order valence-electron chi connectivity index (χ0n) is 13.4. The standard InChI is InChI=1S/C18H20N2O3S/c1-23-15-4-8-17(9-5-15)24-16-6-2-13(3-7-16)19-18(22)20-11-10-14(21)12-20/h2-9,14,21H,10-12H2,1H3,(H,19,22)/t14-/m1/s1. The maximum atomic E-state index is 12.1. The Labute approximate surface area is 145 Å².